The molecule has 3 aromatic rings. The number of allylic oxidation sites excluding steroid dienone is 1. The highest BCUT2D eigenvalue weighted by Crippen LogP contribution is 2.40. The SMILES string of the molecule is CCc1cccc2c(C(=O)/C(C#N)=C/c3cc(Cl)c4c(c3)OCO4)c[nH]c12. The minimum Gasteiger partial charge on any atom is -0.454 e. The molecule has 134 valence electrons. The summed E-state index contributed by atoms with van der Waals surface area (Å²) in [4.78, 5) is 16.1. The second-order valence-electron chi connectivity index (χ2n) is 6.13. The van der Waals surface area contributed by atoms with Gasteiger partial charge >= 0.3 is 0 Å². The molecule has 6 heteroatoms. The van der Waals surface area contributed by atoms with Crippen LogP contribution in [-0.4, -0.2) is 17.6 Å². The van der Waals surface area contributed by atoms with Crippen molar-refractivity contribution in [3.8, 4) is 17.6 Å². The van der Waals surface area contributed by atoms with Crippen LogP contribution >= 0.6 is 11.6 Å². The maximum atomic E-state index is 13.0. The fraction of sp³-hybridized carbons (Fsp3) is 0.143. The molecule has 0 saturated carbocycles. The van der Waals surface area contributed by atoms with Crippen molar-refractivity contribution < 1.29 is 14.3 Å². The van der Waals surface area contributed by atoms with Gasteiger partial charge in [0.05, 0.1) is 5.02 Å². The summed E-state index contributed by atoms with van der Waals surface area (Å²) in [6.45, 7) is 2.16. The Morgan fingerprint density at radius 1 is 1.37 bits per heavy atom. The second kappa shape index (κ2) is 6.82. The molecule has 1 N–H and O–H groups in total. The normalized spacial score (nSPS) is 13.0. The molecule has 0 amide bonds. The first-order chi connectivity index (χ1) is 13.1. The number of carbonyl (C=O) groups excluding carboxylic acids is 1. The Hall–Kier alpha value is -3.23. The van der Waals surface area contributed by atoms with Crippen molar-refractivity contribution in [3.63, 3.8) is 0 Å². The number of rotatable bonds is 4. The molecule has 0 bridgehead atoms. The number of hydrogen-bond acceptors (Lipinski definition) is 4. The van der Waals surface area contributed by atoms with Gasteiger partial charge in [0.2, 0.25) is 12.6 Å². The van der Waals surface area contributed by atoms with Crippen molar-refractivity contribution in [2.45, 2.75) is 13.3 Å². The number of nitrogens with one attached hydrogen (secondary N) is 1. The van der Waals surface area contributed by atoms with Crippen LogP contribution in [0.5, 0.6) is 11.5 Å². The fourth-order valence-corrected chi connectivity index (χ4v) is 3.50. The van der Waals surface area contributed by atoms with Crippen LogP contribution in [-0.2, 0) is 6.42 Å². The maximum absolute atomic E-state index is 13.0. The van der Waals surface area contributed by atoms with Gasteiger partial charge < -0.3 is 14.5 Å². The summed E-state index contributed by atoms with van der Waals surface area (Å²) in [6, 6.07) is 11.2. The van der Waals surface area contributed by atoms with Gasteiger partial charge in [-0.1, -0.05) is 36.7 Å². The number of carbonyl (C=O) groups is 1. The van der Waals surface area contributed by atoms with Gasteiger partial charge in [-0.25, -0.2) is 0 Å². The van der Waals surface area contributed by atoms with Crippen LogP contribution in [0.4, 0.5) is 0 Å². The minimum absolute atomic E-state index is 0.0210. The van der Waals surface area contributed by atoms with Gasteiger partial charge in [-0.2, -0.15) is 5.26 Å². The molecule has 1 aliphatic rings. The molecule has 0 unspecified atom stereocenters. The van der Waals surface area contributed by atoms with E-state index < -0.39 is 0 Å². The van der Waals surface area contributed by atoms with E-state index in [0.717, 1.165) is 22.9 Å². The third-order valence-corrected chi connectivity index (χ3v) is 4.83. The summed E-state index contributed by atoms with van der Waals surface area (Å²) in [6.07, 6.45) is 4.02. The highest BCUT2D eigenvalue weighted by Gasteiger charge is 2.20. The number of ketones is 1. The number of nitriles is 1. The zero-order valence-electron chi connectivity index (χ0n) is 14.5. The number of aromatic amines is 1. The fourth-order valence-electron chi connectivity index (χ4n) is 3.23. The third-order valence-electron chi connectivity index (χ3n) is 4.55. The first-order valence-electron chi connectivity index (χ1n) is 8.47. The molecule has 0 fully saturated rings. The number of fused-ring (bicyclic) bond motifs is 2. The van der Waals surface area contributed by atoms with Crippen LogP contribution in [0.15, 0.2) is 42.1 Å². The first kappa shape index (κ1) is 17.2. The summed E-state index contributed by atoms with van der Waals surface area (Å²) in [7, 11) is 0. The summed E-state index contributed by atoms with van der Waals surface area (Å²) < 4.78 is 10.6. The number of halogens is 1. The molecular weight excluding hydrogens is 364 g/mol. The second-order valence-corrected chi connectivity index (χ2v) is 6.54. The quantitative estimate of drug-likeness (QED) is 0.398. The molecule has 1 aromatic heterocycles. The number of aryl methyl sites for hydroxylation is 1. The number of hydrogen-bond donors (Lipinski definition) is 1. The van der Waals surface area contributed by atoms with E-state index in [2.05, 4.69) is 11.9 Å². The molecule has 2 aromatic carbocycles. The largest absolute Gasteiger partial charge is 0.454 e. The lowest BCUT2D eigenvalue weighted by atomic mass is 9.99. The van der Waals surface area contributed by atoms with Crippen molar-refractivity contribution in [1.29, 1.82) is 5.26 Å². The van der Waals surface area contributed by atoms with Crippen LogP contribution in [0.2, 0.25) is 5.02 Å². The summed E-state index contributed by atoms with van der Waals surface area (Å²) >= 11 is 6.18. The third kappa shape index (κ3) is 2.94. The van der Waals surface area contributed by atoms with Gasteiger partial charge in [0, 0.05) is 22.7 Å². The molecule has 0 atom stereocenters. The van der Waals surface area contributed by atoms with Crippen molar-refractivity contribution in [3.05, 3.63) is 63.8 Å². The molecule has 0 spiro atoms. The summed E-state index contributed by atoms with van der Waals surface area (Å²) in [5.74, 6) is 0.631. The molecule has 0 aliphatic carbocycles. The Morgan fingerprint density at radius 2 is 2.22 bits per heavy atom. The Balaban J connectivity index is 1.76. The Labute approximate surface area is 160 Å². The van der Waals surface area contributed by atoms with Crippen LogP contribution in [0.3, 0.4) is 0 Å². The van der Waals surface area contributed by atoms with Crippen LogP contribution in [0, 0.1) is 11.3 Å². The van der Waals surface area contributed by atoms with Gasteiger partial charge in [0.1, 0.15) is 11.6 Å². The summed E-state index contributed by atoms with van der Waals surface area (Å²) in [5.41, 5.74) is 3.14. The van der Waals surface area contributed by atoms with Crippen LogP contribution in [0.1, 0.15) is 28.4 Å². The first-order valence-corrected chi connectivity index (χ1v) is 8.84. The number of H-pyrrole nitrogens is 1. The molecular formula is C21H15ClN2O3. The standard InChI is InChI=1S/C21H15ClN2O3/c1-2-13-4-3-5-15-16(10-24-19(13)15)20(25)14(9-23)6-12-7-17(22)21-18(8-12)26-11-27-21/h3-8,10,24H,2,11H2,1H3/b14-6+. The Kier molecular flexibility index (Phi) is 4.35. The number of Topliss-reactive ketones (excluding diaryl/α,β-unsaturated/α-hetero) is 1. The van der Waals surface area contributed by atoms with E-state index in [4.69, 9.17) is 21.1 Å². The van der Waals surface area contributed by atoms with Gasteiger partial charge in [0.25, 0.3) is 0 Å². The number of ether oxygens (including phenoxy) is 2. The van der Waals surface area contributed by atoms with E-state index in [1.807, 2.05) is 24.3 Å². The number of benzene rings is 2. The Morgan fingerprint density at radius 3 is 3.00 bits per heavy atom. The van der Waals surface area contributed by atoms with Gasteiger partial charge in [0.15, 0.2) is 11.5 Å². The smallest absolute Gasteiger partial charge is 0.231 e. The van der Waals surface area contributed by atoms with Gasteiger partial charge in [-0.15, -0.1) is 0 Å². The van der Waals surface area contributed by atoms with E-state index in [-0.39, 0.29) is 18.1 Å². The van der Waals surface area contributed by atoms with E-state index >= 15 is 0 Å². The molecule has 4 rings (SSSR count). The lowest BCUT2D eigenvalue weighted by molar-refractivity contribution is 0.104. The van der Waals surface area contributed by atoms with Crippen molar-refractivity contribution >= 4 is 34.4 Å². The molecule has 2 heterocycles. The predicted molar refractivity (Wildman–Crippen MR) is 103 cm³/mol. The van der Waals surface area contributed by atoms with E-state index in [1.54, 1.807) is 18.3 Å². The maximum Gasteiger partial charge on any atom is 0.231 e. The molecule has 27 heavy (non-hydrogen) atoms. The molecule has 1 aliphatic heterocycles. The van der Waals surface area contributed by atoms with Crippen LogP contribution < -0.4 is 9.47 Å². The van der Waals surface area contributed by atoms with Gasteiger partial charge in [-0.05, 0) is 35.8 Å². The number of aromatic nitrogens is 1. The van der Waals surface area contributed by atoms with E-state index in [9.17, 15) is 10.1 Å². The van der Waals surface area contributed by atoms with Crippen LogP contribution in [0.25, 0.3) is 17.0 Å². The monoisotopic (exact) mass is 378 g/mol. The van der Waals surface area contributed by atoms with Gasteiger partial charge in [-0.3, -0.25) is 4.79 Å². The predicted octanol–water partition coefficient (Wildman–Crippen LogP) is 4.90. The van der Waals surface area contributed by atoms with Crippen molar-refractivity contribution in [2.75, 3.05) is 6.79 Å². The molecule has 5 nitrogen and oxygen atoms in total. The lowest BCUT2D eigenvalue weighted by Gasteiger charge is -2.03. The van der Waals surface area contributed by atoms with Crippen molar-refractivity contribution in [2.24, 2.45) is 0 Å². The zero-order chi connectivity index (χ0) is 19.0. The molecule has 0 saturated heterocycles. The van der Waals surface area contributed by atoms with E-state index in [0.29, 0.717) is 27.6 Å². The Bertz CT molecular complexity index is 1140. The number of nitrogens with zero attached hydrogens (tertiary/aromatic N) is 1. The zero-order valence-corrected chi connectivity index (χ0v) is 15.3. The summed E-state index contributed by atoms with van der Waals surface area (Å²) in [5, 5.41) is 10.7. The highest BCUT2D eigenvalue weighted by molar-refractivity contribution is 6.32. The number of para-hydroxylation sites is 1. The average Bonchev–Trinajstić information content (AvgIpc) is 3.32. The average molecular weight is 379 g/mol. The van der Waals surface area contributed by atoms with E-state index in [1.165, 1.54) is 6.08 Å². The topological polar surface area (TPSA) is 75.1 Å². The lowest BCUT2D eigenvalue weighted by Crippen LogP contribution is -2.01. The minimum atomic E-state index is -0.342. The van der Waals surface area contributed by atoms with Crippen molar-refractivity contribution in [1.82, 2.24) is 4.98 Å². The molecule has 0 radical (unpaired) electrons. The highest BCUT2D eigenvalue weighted by atomic mass is 35.5.